The predicted octanol–water partition coefficient (Wildman–Crippen LogP) is 1.41. The van der Waals surface area contributed by atoms with Crippen LogP contribution in [0.3, 0.4) is 0 Å². The summed E-state index contributed by atoms with van der Waals surface area (Å²) in [7, 11) is -3.97. The quantitative estimate of drug-likeness (QED) is 0.579. The maximum atomic E-state index is 13.1. The van der Waals surface area contributed by atoms with E-state index in [0.717, 1.165) is 41.1 Å². The third-order valence-electron chi connectivity index (χ3n) is 4.42. The number of carbonyl (C=O) groups is 1. The lowest BCUT2D eigenvalue weighted by atomic mass is 10.2. The molecular weight excluding hydrogens is 455 g/mol. The van der Waals surface area contributed by atoms with Gasteiger partial charge >= 0.3 is 17.8 Å². The number of sulfonamides is 1. The molecule has 1 heterocycles. The van der Waals surface area contributed by atoms with Crippen LogP contribution < -0.4 is 16.4 Å². The van der Waals surface area contributed by atoms with Gasteiger partial charge in [-0.3, -0.25) is 9.36 Å². The maximum Gasteiger partial charge on any atom is 0.416 e. The van der Waals surface area contributed by atoms with Crippen molar-refractivity contribution in [2.24, 2.45) is 5.14 Å². The van der Waals surface area contributed by atoms with Crippen LogP contribution in [0.2, 0.25) is 0 Å². The van der Waals surface area contributed by atoms with Gasteiger partial charge in [-0.1, -0.05) is 18.2 Å². The Hall–Kier alpha value is -3.71. The summed E-state index contributed by atoms with van der Waals surface area (Å²) in [5.41, 5.74) is -4.49. The van der Waals surface area contributed by atoms with E-state index in [0.29, 0.717) is 16.2 Å². The molecule has 3 N–H and O–H groups in total. The van der Waals surface area contributed by atoms with Gasteiger partial charge < -0.3 is 5.11 Å². The van der Waals surface area contributed by atoms with Crippen molar-refractivity contribution >= 4 is 16.0 Å². The highest BCUT2D eigenvalue weighted by atomic mass is 32.2. The highest BCUT2D eigenvalue weighted by Gasteiger charge is 2.31. The van der Waals surface area contributed by atoms with Gasteiger partial charge in [0.1, 0.15) is 5.56 Å². The summed E-state index contributed by atoms with van der Waals surface area (Å²) in [4.78, 5) is 36.8. The van der Waals surface area contributed by atoms with Crippen molar-refractivity contribution in [3.8, 4) is 5.69 Å². The van der Waals surface area contributed by atoms with E-state index in [1.54, 1.807) is 0 Å². The molecule has 0 amide bonds. The zero-order valence-electron chi connectivity index (χ0n) is 15.9. The van der Waals surface area contributed by atoms with Gasteiger partial charge in [-0.2, -0.15) is 13.2 Å². The third-order valence-corrected chi connectivity index (χ3v) is 5.35. The van der Waals surface area contributed by atoms with Gasteiger partial charge in [0.25, 0.3) is 5.56 Å². The first-order valence-corrected chi connectivity index (χ1v) is 10.2. The largest absolute Gasteiger partial charge is 0.477 e. The van der Waals surface area contributed by atoms with Crippen LogP contribution in [-0.4, -0.2) is 28.6 Å². The number of primary sulfonamides is 1. The number of nitrogens with zero attached hydrogens (tertiary/aromatic N) is 2. The lowest BCUT2D eigenvalue weighted by Crippen LogP contribution is -2.41. The Morgan fingerprint density at radius 3 is 2.22 bits per heavy atom. The Kier molecular flexibility index (Phi) is 5.80. The fourth-order valence-corrected chi connectivity index (χ4v) is 3.41. The van der Waals surface area contributed by atoms with Gasteiger partial charge in [0.2, 0.25) is 10.0 Å². The minimum atomic E-state index is -4.76. The Bertz CT molecular complexity index is 1420. The van der Waals surface area contributed by atoms with Crippen LogP contribution in [0.1, 0.15) is 21.5 Å². The smallest absolute Gasteiger partial charge is 0.416 e. The molecule has 168 valence electrons. The van der Waals surface area contributed by atoms with Crippen LogP contribution in [0.15, 0.2) is 69.2 Å². The average Bonchev–Trinajstić information content (AvgIpc) is 2.69. The monoisotopic (exact) mass is 469 g/mol. The summed E-state index contributed by atoms with van der Waals surface area (Å²) < 4.78 is 63.0. The third kappa shape index (κ3) is 4.63. The SMILES string of the molecule is NS(=O)(=O)c1ccc(Cn2cc(C(=O)O)c(=O)n(-c3cccc(C(F)(F)F)c3)c2=O)cc1. The highest BCUT2D eigenvalue weighted by molar-refractivity contribution is 7.89. The van der Waals surface area contributed by atoms with E-state index in [9.17, 15) is 41.1 Å². The minimum absolute atomic E-state index is 0.200. The van der Waals surface area contributed by atoms with E-state index in [-0.39, 0.29) is 11.4 Å². The molecule has 0 aliphatic rings. The number of hydrogen-bond donors (Lipinski definition) is 2. The number of aromatic nitrogens is 2. The van der Waals surface area contributed by atoms with Gasteiger partial charge in [-0.05, 0) is 35.9 Å². The number of aromatic carboxylic acids is 1. The normalized spacial score (nSPS) is 12.0. The molecule has 3 rings (SSSR count). The Labute approximate surface area is 177 Å². The molecule has 0 bridgehead atoms. The van der Waals surface area contributed by atoms with Gasteiger partial charge in [0, 0.05) is 6.20 Å². The molecule has 0 atom stereocenters. The predicted molar refractivity (Wildman–Crippen MR) is 105 cm³/mol. The fraction of sp³-hybridized carbons (Fsp3) is 0.105. The van der Waals surface area contributed by atoms with Crippen molar-refractivity contribution in [1.82, 2.24) is 9.13 Å². The molecule has 0 fully saturated rings. The number of benzene rings is 2. The molecule has 0 aliphatic carbocycles. The van der Waals surface area contributed by atoms with Crippen molar-refractivity contribution < 1.29 is 31.5 Å². The molecule has 0 aliphatic heterocycles. The van der Waals surface area contributed by atoms with E-state index >= 15 is 0 Å². The van der Waals surface area contributed by atoms with Crippen LogP contribution in [-0.2, 0) is 22.7 Å². The standard InChI is InChI=1S/C19H14F3N3O6S/c20-19(21,22)12-2-1-3-13(8-12)25-16(26)15(17(27)28)10-24(18(25)29)9-11-4-6-14(7-5-11)32(23,30)31/h1-8,10H,9H2,(H,27,28)(H2,23,30,31). The Morgan fingerprint density at radius 1 is 1.06 bits per heavy atom. The van der Waals surface area contributed by atoms with Crippen LogP contribution in [0, 0.1) is 0 Å². The zero-order chi connectivity index (χ0) is 23.8. The molecule has 0 unspecified atom stereocenters. The number of rotatable bonds is 5. The van der Waals surface area contributed by atoms with Crippen molar-refractivity contribution in [1.29, 1.82) is 0 Å². The summed E-state index contributed by atoms with van der Waals surface area (Å²) in [6.07, 6.45) is -3.99. The highest BCUT2D eigenvalue weighted by Crippen LogP contribution is 2.29. The van der Waals surface area contributed by atoms with Gasteiger partial charge in [0.05, 0.1) is 22.7 Å². The number of carboxylic acid groups (broad SMARTS) is 1. The van der Waals surface area contributed by atoms with Gasteiger partial charge in [-0.15, -0.1) is 0 Å². The second-order valence-corrected chi connectivity index (χ2v) is 8.20. The molecule has 0 spiro atoms. The summed E-state index contributed by atoms with van der Waals surface area (Å²) >= 11 is 0. The lowest BCUT2D eigenvalue weighted by Gasteiger charge is -2.14. The molecule has 0 radical (unpaired) electrons. The van der Waals surface area contributed by atoms with Gasteiger partial charge in [-0.25, -0.2) is 27.7 Å². The molecule has 0 saturated carbocycles. The first-order chi connectivity index (χ1) is 14.8. The summed E-state index contributed by atoms with van der Waals surface area (Å²) in [6, 6.07) is 8.29. The maximum absolute atomic E-state index is 13.1. The second-order valence-electron chi connectivity index (χ2n) is 6.64. The van der Waals surface area contributed by atoms with Crippen LogP contribution >= 0.6 is 0 Å². The topological polar surface area (TPSA) is 141 Å². The summed E-state index contributed by atoms with van der Waals surface area (Å²) in [5.74, 6) is -1.69. The number of alkyl halides is 3. The van der Waals surface area contributed by atoms with E-state index in [1.807, 2.05) is 0 Å². The van der Waals surface area contributed by atoms with Crippen molar-refractivity contribution in [3.63, 3.8) is 0 Å². The number of halogens is 3. The zero-order valence-corrected chi connectivity index (χ0v) is 16.7. The van der Waals surface area contributed by atoms with E-state index < -0.39 is 50.2 Å². The van der Waals surface area contributed by atoms with Crippen molar-refractivity contribution in [3.05, 3.63) is 92.3 Å². The first-order valence-electron chi connectivity index (χ1n) is 8.68. The second kappa shape index (κ2) is 8.09. The number of carboxylic acids is 1. The molecule has 2 aromatic carbocycles. The summed E-state index contributed by atoms with van der Waals surface area (Å²) in [6.45, 7) is -0.302. The molecule has 3 aromatic rings. The molecular formula is C19H14F3N3O6S. The molecule has 13 heteroatoms. The number of hydrogen-bond acceptors (Lipinski definition) is 5. The van der Waals surface area contributed by atoms with E-state index in [4.69, 9.17) is 5.14 Å². The minimum Gasteiger partial charge on any atom is -0.477 e. The van der Waals surface area contributed by atoms with Crippen LogP contribution in [0.4, 0.5) is 13.2 Å². The Balaban J connectivity index is 2.18. The van der Waals surface area contributed by atoms with Crippen LogP contribution in [0.25, 0.3) is 5.69 Å². The summed E-state index contributed by atoms with van der Waals surface area (Å²) in [5, 5.41) is 14.4. The Morgan fingerprint density at radius 2 is 1.69 bits per heavy atom. The first kappa shape index (κ1) is 23.0. The molecule has 0 saturated heterocycles. The van der Waals surface area contributed by atoms with Crippen LogP contribution in [0.5, 0.6) is 0 Å². The number of nitrogens with two attached hydrogens (primary N) is 1. The fourth-order valence-electron chi connectivity index (χ4n) is 2.89. The molecule has 32 heavy (non-hydrogen) atoms. The molecule has 1 aromatic heterocycles. The van der Waals surface area contributed by atoms with E-state index in [2.05, 4.69) is 0 Å². The van der Waals surface area contributed by atoms with Crippen molar-refractivity contribution in [2.45, 2.75) is 17.6 Å². The van der Waals surface area contributed by atoms with Gasteiger partial charge in [0.15, 0.2) is 0 Å². The van der Waals surface area contributed by atoms with Crippen molar-refractivity contribution in [2.75, 3.05) is 0 Å². The van der Waals surface area contributed by atoms with E-state index in [1.165, 1.54) is 12.1 Å². The average molecular weight is 469 g/mol. The molecule has 9 nitrogen and oxygen atoms in total. The lowest BCUT2D eigenvalue weighted by molar-refractivity contribution is -0.137.